The molecule has 100 valence electrons. The molecule has 0 saturated heterocycles. The molecule has 4 heteroatoms. The van der Waals surface area contributed by atoms with Crippen molar-refractivity contribution in [1.29, 1.82) is 0 Å². The van der Waals surface area contributed by atoms with Crippen LogP contribution in [0.1, 0.15) is 26.3 Å². The molecule has 1 aromatic carbocycles. The quantitative estimate of drug-likeness (QED) is 0.804. The topological polar surface area (TPSA) is 41.1 Å². The highest BCUT2D eigenvalue weighted by Gasteiger charge is 2.13. The van der Waals surface area contributed by atoms with Crippen molar-refractivity contribution in [2.24, 2.45) is 0 Å². The Morgan fingerprint density at radius 3 is 2.33 bits per heavy atom. The third-order valence-corrected chi connectivity index (χ3v) is 3.20. The summed E-state index contributed by atoms with van der Waals surface area (Å²) >= 11 is 1.56. The van der Waals surface area contributed by atoms with Crippen LogP contribution in [0.3, 0.4) is 0 Å². The van der Waals surface area contributed by atoms with E-state index in [1.807, 2.05) is 27.8 Å². The Labute approximate surface area is 114 Å². The Morgan fingerprint density at radius 2 is 1.83 bits per heavy atom. The lowest BCUT2D eigenvalue weighted by molar-refractivity contribution is -0.119. The van der Waals surface area contributed by atoms with Gasteiger partial charge >= 0.3 is 0 Å². The number of hydrogen-bond donors (Lipinski definition) is 2. The van der Waals surface area contributed by atoms with Gasteiger partial charge in [-0.15, -0.1) is 11.8 Å². The zero-order chi connectivity index (χ0) is 13.6. The third kappa shape index (κ3) is 6.07. The number of rotatable bonds is 5. The SMILES string of the molecule is CNCc1ccc(SCC(=O)NC(C)(C)C)cc1. The maximum absolute atomic E-state index is 11.7. The predicted octanol–water partition coefficient (Wildman–Crippen LogP) is 2.41. The van der Waals surface area contributed by atoms with E-state index in [-0.39, 0.29) is 11.4 Å². The Hall–Kier alpha value is -1.00. The van der Waals surface area contributed by atoms with Crippen molar-refractivity contribution in [2.75, 3.05) is 12.8 Å². The van der Waals surface area contributed by atoms with Crippen molar-refractivity contribution in [3.8, 4) is 0 Å². The van der Waals surface area contributed by atoms with Gasteiger partial charge in [0.15, 0.2) is 0 Å². The Bertz CT molecular complexity index is 382. The van der Waals surface area contributed by atoms with Gasteiger partial charge in [-0.05, 0) is 45.5 Å². The summed E-state index contributed by atoms with van der Waals surface area (Å²) < 4.78 is 0. The van der Waals surface area contributed by atoms with E-state index in [9.17, 15) is 4.79 Å². The average molecular weight is 266 g/mol. The molecule has 0 unspecified atom stereocenters. The Balaban J connectivity index is 2.41. The molecule has 0 heterocycles. The highest BCUT2D eigenvalue weighted by Crippen LogP contribution is 2.18. The zero-order valence-corrected chi connectivity index (χ0v) is 12.4. The molecule has 18 heavy (non-hydrogen) atoms. The average Bonchev–Trinajstić information content (AvgIpc) is 2.26. The first kappa shape index (κ1) is 15.1. The first-order valence-corrected chi connectivity index (χ1v) is 7.06. The smallest absolute Gasteiger partial charge is 0.230 e. The molecule has 0 aliphatic heterocycles. The van der Waals surface area contributed by atoms with Crippen molar-refractivity contribution >= 4 is 17.7 Å². The van der Waals surface area contributed by atoms with Crippen molar-refractivity contribution in [3.63, 3.8) is 0 Å². The number of carbonyl (C=O) groups excluding carboxylic acids is 1. The van der Waals surface area contributed by atoms with Crippen LogP contribution in [0.4, 0.5) is 0 Å². The Kier molecular flexibility index (Phi) is 5.69. The van der Waals surface area contributed by atoms with E-state index in [1.54, 1.807) is 11.8 Å². The minimum Gasteiger partial charge on any atom is -0.351 e. The van der Waals surface area contributed by atoms with Gasteiger partial charge in [-0.25, -0.2) is 0 Å². The fourth-order valence-electron chi connectivity index (χ4n) is 1.51. The molecule has 3 nitrogen and oxygen atoms in total. The summed E-state index contributed by atoms with van der Waals surface area (Å²) in [6.07, 6.45) is 0. The standard InChI is InChI=1S/C14H22N2OS/c1-14(2,3)16-13(17)10-18-12-7-5-11(6-8-12)9-15-4/h5-8,15H,9-10H2,1-4H3,(H,16,17). The fraction of sp³-hybridized carbons (Fsp3) is 0.500. The van der Waals surface area contributed by atoms with Crippen LogP contribution in [-0.4, -0.2) is 24.2 Å². The largest absolute Gasteiger partial charge is 0.351 e. The van der Waals surface area contributed by atoms with Crippen LogP contribution in [0.5, 0.6) is 0 Å². The van der Waals surface area contributed by atoms with Crippen molar-refractivity contribution in [2.45, 2.75) is 37.8 Å². The lowest BCUT2D eigenvalue weighted by atomic mass is 10.1. The molecular weight excluding hydrogens is 244 g/mol. The monoisotopic (exact) mass is 266 g/mol. The molecule has 1 amide bonds. The minimum absolute atomic E-state index is 0.0757. The summed E-state index contributed by atoms with van der Waals surface area (Å²) in [4.78, 5) is 12.8. The summed E-state index contributed by atoms with van der Waals surface area (Å²) in [6.45, 7) is 6.84. The summed E-state index contributed by atoms with van der Waals surface area (Å²) in [6, 6.07) is 8.28. The van der Waals surface area contributed by atoms with E-state index in [4.69, 9.17) is 0 Å². The van der Waals surface area contributed by atoms with Gasteiger partial charge in [-0.2, -0.15) is 0 Å². The second-order valence-electron chi connectivity index (χ2n) is 5.26. The van der Waals surface area contributed by atoms with Crippen LogP contribution in [0.25, 0.3) is 0 Å². The van der Waals surface area contributed by atoms with Gasteiger partial charge in [-0.3, -0.25) is 4.79 Å². The molecule has 2 N–H and O–H groups in total. The molecule has 1 rings (SSSR count). The zero-order valence-electron chi connectivity index (χ0n) is 11.5. The summed E-state index contributed by atoms with van der Waals surface area (Å²) in [7, 11) is 1.93. The lowest BCUT2D eigenvalue weighted by Crippen LogP contribution is -2.41. The summed E-state index contributed by atoms with van der Waals surface area (Å²) in [5.74, 6) is 0.537. The van der Waals surface area contributed by atoms with E-state index in [0.717, 1.165) is 11.4 Å². The number of benzene rings is 1. The van der Waals surface area contributed by atoms with E-state index in [2.05, 4.69) is 34.9 Å². The van der Waals surface area contributed by atoms with E-state index < -0.39 is 0 Å². The third-order valence-electron chi connectivity index (χ3n) is 2.19. The molecule has 1 aromatic rings. The van der Waals surface area contributed by atoms with Crippen LogP contribution in [0, 0.1) is 0 Å². The minimum atomic E-state index is -0.158. The first-order chi connectivity index (χ1) is 8.40. The summed E-state index contributed by atoms with van der Waals surface area (Å²) in [5, 5.41) is 6.06. The molecule has 0 aromatic heterocycles. The normalized spacial score (nSPS) is 11.3. The van der Waals surface area contributed by atoms with Gasteiger partial charge in [-0.1, -0.05) is 12.1 Å². The van der Waals surface area contributed by atoms with Gasteiger partial charge in [0.05, 0.1) is 5.75 Å². The maximum atomic E-state index is 11.7. The maximum Gasteiger partial charge on any atom is 0.230 e. The van der Waals surface area contributed by atoms with Gasteiger partial charge in [0.25, 0.3) is 0 Å². The number of carbonyl (C=O) groups is 1. The second kappa shape index (κ2) is 6.81. The number of nitrogens with one attached hydrogen (secondary N) is 2. The van der Waals surface area contributed by atoms with Crippen molar-refractivity contribution < 1.29 is 4.79 Å². The molecule has 0 spiro atoms. The van der Waals surface area contributed by atoms with Gasteiger partial charge in [0.1, 0.15) is 0 Å². The van der Waals surface area contributed by atoms with E-state index in [0.29, 0.717) is 5.75 Å². The number of amides is 1. The molecule has 0 fully saturated rings. The molecule has 0 aliphatic carbocycles. The first-order valence-electron chi connectivity index (χ1n) is 6.08. The van der Waals surface area contributed by atoms with Crippen LogP contribution >= 0.6 is 11.8 Å². The molecule has 0 saturated carbocycles. The van der Waals surface area contributed by atoms with Crippen molar-refractivity contribution in [1.82, 2.24) is 10.6 Å². The van der Waals surface area contributed by atoms with Crippen LogP contribution < -0.4 is 10.6 Å². The highest BCUT2D eigenvalue weighted by molar-refractivity contribution is 8.00. The molecular formula is C14H22N2OS. The van der Waals surface area contributed by atoms with Crippen molar-refractivity contribution in [3.05, 3.63) is 29.8 Å². The van der Waals surface area contributed by atoms with E-state index in [1.165, 1.54) is 5.56 Å². The van der Waals surface area contributed by atoms with Gasteiger partial charge in [0, 0.05) is 17.0 Å². The molecule has 0 bridgehead atoms. The fourth-order valence-corrected chi connectivity index (χ4v) is 2.21. The molecule has 0 atom stereocenters. The Morgan fingerprint density at radius 1 is 1.22 bits per heavy atom. The predicted molar refractivity (Wildman–Crippen MR) is 77.8 cm³/mol. The number of thioether (sulfide) groups is 1. The number of hydrogen-bond acceptors (Lipinski definition) is 3. The second-order valence-corrected chi connectivity index (χ2v) is 6.31. The van der Waals surface area contributed by atoms with Crippen LogP contribution in [0.15, 0.2) is 29.2 Å². The van der Waals surface area contributed by atoms with Gasteiger partial charge in [0.2, 0.25) is 5.91 Å². The molecule has 0 radical (unpaired) electrons. The van der Waals surface area contributed by atoms with Gasteiger partial charge < -0.3 is 10.6 Å². The molecule has 0 aliphatic rings. The van der Waals surface area contributed by atoms with Crippen LogP contribution in [-0.2, 0) is 11.3 Å². The van der Waals surface area contributed by atoms with Crippen LogP contribution in [0.2, 0.25) is 0 Å². The highest BCUT2D eigenvalue weighted by atomic mass is 32.2. The lowest BCUT2D eigenvalue weighted by Gasteiger charge is -2.20. The summed E-state index contributed by atoms with van der Waals surface area (Å²) in [5.41, 5.74) is 1.09. The van der Waals surface area contributed by atoms with E-state index >= 15 is 0 Å².